The Kier molecular flexibility index (Phi) is 5.93. The number of anilines is 1. The number of amides is 2. The summed E-state index contributed by atoms with van der Waals surface area (Å²) in [6, 6.07) is 3.63. The van der Waals surface area contributed by atoms with Crippen molar-refractivity contribution in [2.45, 2.75) is 32.1 Å². The molecular formula is C17H20BrN3O2S2. The fraction of sp³-hybridized carbons (Fsp3) is 0.412. The smallest absolute Gasteiger partial charge is 0.268 e. The molecule has 1 aliphatic rings. The zero-order valence-corrected chi connectivity index (χ0v) is 17.4. The second kappa shape index (κ2) is 7.99. The van der Waals surface area contributed by atoms with Crippen molar-refractivity contribution in [3.05, 3.63) is 36.8 Å². The summed E-state index contributed by atoms with van der Waals surface area (Å²) >= 11 is 6.30. The first kappa shape index (κ1) is 18.6. The maximum absolute atomic E-state index is 12.7. The minimum atomic E-state index is -0.175. The van der Waals surface area contributed by atoms with Gasteiger partial charge in [0.25, 0.3) is 11.8 Å². The first-order chi connectivity index (χ1) is 12.0. The third-order valence-electron chi connectivity index (χ3n) is 4.00. The molecule has 0 saturated carbocycles. The van der Waals surface area contributed by atoms with Crippen molar-refractivity contribution in [2.24, 2.45) is 0 Å². The quantitative estimate of drug-likeness (QED) is 0.548. The summed E-state index contributed by atoms with van der Waals surface area (Å²) in [6.07, 6.45) is 5.26. The van der Waals surface area contributed by atoms with Gasteiger partial charge in [-0.15, -0.1) is 22.7 Å². The highest BCUT2D eigenvalue weighted by Gasteiger charge is 2.26. The standard InChI is InChI=1S/C17H20BrN3O2S2/c1-21(2)20-16(23)14-10-6-4-3-5-7-11(10)25-17(14)19-15(22)12-8-9-13(18)24-12/h8-9H,3-7H2,1-2H3,(H,19,22)(H,20,23). The van der Waals surface area contributed by atoms with E-state index in [-0.39, 0.29) is 11.8 Å². The summed E-state index contributed by atoms with van der Waals surface area (Å²) in [5.41, 5.74) is 4.54. The van der Waals surface area contributed by atoms with E-state index in [1.54, 1.807) is 36.5 Å². The van der Waals surface area contributed by atoms with Gasteiger partial charge in [0.2, 0.25) is 0 Å². The van der Waals surface area contributed by atoms with Crippen LogP contribution in [0.15, 0.2) is 15.9 Å². The van der Waals surface area contributed by atoms with Gasteiger partial charge >= 0.3 is 0 Å². The lowest BCUT2D eigenvalue weighted by molar-refractivity contribution is 0.0857. The lowest BCUT2D eigenvalue weighted by Gasteiger charge is -2.14. The minimum Gasteiger partial charge on any atom is -0.312 e. The second-order valence-corrected chi connectivity index (χ2v) is 9.73. The highest BCUT2D eigenvalue weighted by atomic mass is 79.9. The molecular weight excluding hydrogens is 422 g/mol. The molecule has 0 aliphatic heterocycles. The fourth-order valence-electron chi connectivity index (χ4n) is 2.93. The van der Waals surface area contributed by atoms with E-state index in [1.165, 1.54) is 22.6 Å². The van der Waals surface area contributed by atoms with E-state index in [9.17, 15) is 9.59 Å². The number of nitrogens with zero attached hydrogens (tertiary/aromatic N) is 1. The molecule has 0 saturated heterocycles. The Balaban J connectivity index is 1.94. The van der Waals surface area contributed by atoms with Crippen LogP contribution in [-0.2, 0) is 12.8 Å². The maximum atomic E-state index is 12.7. The van der Waals surface area contributed by atoms with Crippen LogP contribution in [-0.4, -0.2) is 30.9 Å². The molecule has 2 heterocycles. The average molecular weight is 442 g/mol. The van der Waals surface area contributed by atoms with Gasteiger partial charge in [-0.1, -0.05) is 6.42 Å². The molecule has 1 aliphatic carbocycles. The number of hydrogen-bond donors (Lipinski definition) is 2. The third kappa shape index (κ3) is 4.31. The Labute approximate surface area is 163 Å². The van der Waals surface area contributed by atoms with E-state index in [2.05, 4.69) is 26.7 Å². The largest absolute Gasteiger partial charge is 0.312 e. The van der Waals surface area contributed by atoms with Crippen molar-refractivity contribution in [3.8, 4) is 0 Å². The highest BCUT2D eigenvalue weighted by molar-refractivity contribution is 9.11. The molecule has 0 spiro atoms. The van der Waals surface area contributed by atoms with Crippen LogP contribution < -0.4 is 10.7 Å². The van der Waals surface area contributed by atoms with Crippen molar-refractivity contribution >= 4 is 55.4 Å². The molecule has 8 heteroatoms. The molecule has 2 aromatic rings. The number of thiophene rings is 2. The number of carbonyl (C=O) groups excluding carboxylic acids is 2. The summed E-state index contributed by atoms with van der Waals surface area (Å²) in [6.45, 7) is 0. The van der Waals surface area contributed by atoms with Crippen LogP contribution in [0.5, 0.6) is 0 Å². The first-order valence-corrected chi connectivity index (χ1v) is 10.6. The van der Waals surface area contributed by atoms with E-state index in [1.807, 2.05) is 6.07 Å². The van der Waals surface area contributed by atoms with Crippen molar-refractivity contribution < 1.29 is 9.59 Å². The van der Waals surface area contributed by atoms with E-state index in [4.69, 9.17) is 0 Å². The number of hydrazine groups is 1. The number of rotatable bonds is 4. The summed E-state index contributed by atoms with van der Waals surface area (Å²) in [5, 5.41) is 5.25. The van der Waals surface area contributed by atoms with Crippen LogP contribution in [0.2, 0.25) is 0 Å². The summed E-state index contributed by atoms with van der Waals surface area (Å²) in [5.74, 6) is -0.335. The van der Waals surface area contributed by atoms with Crippen LogP contribution in [0, 0.1) is 0 Å². The average Bonchev–Trinajstić information content (AvgIpc) is 3.04. The second-order valence-electron chi connectivity index (χ2n) is 6.16. The molecule has 5 nitrogen and oxygen atoms in total. The lowest BCUT2D eigenvalue weighted by Crippen LogP contribution is -2.36. The Hall–Kier alpha value is -1.22. The van der Waals surface area contributed by atoms with Gasteiger partial charge in [-0.25, -0.2) is 5.01 Å². The van der Waals surface area contributed by atoms with Gasteiger partial charge in [-0.2, -0.15) is 0 Å². The molecule has 0 aromatic carbocycles. The fourth-order valence-corrected chi connectivity index (χ4v) is 5.49. The Morgan fingerprint density at radius 3 is 2.52 bits per heavy atom. The Bertz CT molecular complexity index is 798. The van der Waals surface area contributed by atoms with E-state index >= 15 is 0 Å². The van der Waals surface area contributed by atoms with Gasteiger partial charge in [-0.05, 0) is 59.3 Å². The predicted molar refractivity (Wildman–Crippen MR) is 107 cm³/mol. The van der Waals surface area contributed by atoms with Gasteiger partial charge < -0.3 is 5.32 Å². The van der Waals surface area contributed by atoms with Crippen LogP contribution in [0.25, 0.3) is 0 Å². The molecule has 0 unspecified atom stereocenters. The SMILES string of the molecule is CN(C)NC(=O)c1c(NC(=O)c2ccc(Br)s2)sc2c1CCCCC2. The minimum absolute atomic E-state index is 0.160. The van der Waals surface area contributed by atoms with E-state index < -0.39 is 0 Å². The molecule has 2 amide bonds. The molecule has 0 bridgehead atoms. The first-order valence-electron chi connectivity index (χ1n) is 8.15. The normalized spacial score (nSPS) is 14.1. The Morgan fingerprint density at radius 1 is 1.08 bits per heavy atom. The number of halogens is 1. The molecule has 0 radical (unpaired) electrons. The molecule has 0 atom stereocenters. The summed E-state index contributed by atoms with van der Waals surface area (Å²) < 4.78 is 0.908. The van der Waals surface area contributed by atoms with Crippen LogP contribution in [0.1, 0.15) is 49.7 Å². The van der Waals surface area contributed by atoms with Gasteiger partial charge in [0, 0.05) is 19.0 Å². The number of aryl methyl sites for hydroxylation is 1. The van der Waals surface area contributed by atoms with Crippen LogP contribution >= 0.6 is 38.6 Å². The Morgan fingerprint density at radius 2 is 1.84 bits per heavy atom. The molecule has 0 fully saturated rings. The number of hydrogen-bond acceptors (Lipinski definition) is 5. The third-order valence-corrected chi connectivity index (χ3v) is 6.83. The van der Waals surface area contributed by atoms with Gasteiger partial charge in [0.05, 0.1) is 14.2 Å². The molecule has 134 valence electrons. The number of carbonyl (C=O) groups is 2. The van der Waals surface area contributed by atoms with Crippen molar-refractivity contribution in [1.29, 1.82) is 0 Å². The van der Waals surface area contributed by atoms with Crippen molar-refractivity contribution in [1.82, 2.24) is 10.4 Å². The topological polar surface area (TPSA) is 61.4 Å². The van der Waals surface area contributed by atoms with Gasteiger partial charge in [0.15, 0.2) is 0 Å². The van der Waals surface area contributed by atoms with Crippen molar-refractivity contribution in [2.75, 3.05) is 19.4 Å². The molecule has 25 heavy (non-hydrogen) atoms. The molecule has 2 N–H and O–H groups in total. The summed E-state index contributed by atoms with van der Waals surface area (Å²) in [4.78, 5) is 27.1. The maximum Gasteiger partial charge on any atom is 0.268 e. The van der Waals surface area contributed by atoms with Crippen LogP contribution in [0.4, 0.5) is 5.00 Å². The van der Waals surface area contributed by atoms with Crippen LogP contribution in [0.3, 0.4) is 0 Å². The van der Waals surface area contributed by atoms with E-state index in [0.29, 0.717) is 15.4 Å². The number of fused-ring (bicyclic) bond motifs is 1. The molecule has 3 rings (SSSR count). The number of nitrogens with one attached hydrogen (secondary N) is 2. The van der Waals surface area contributed by atoms with Gasteiger partial charge in [0.1, 0.15) is 5.00 Å². The lowest BCUT2D eigenvalue weighted by atomic mass is 10.1. The highest BCUT2D eigenvalue weighted by Crippen LogP contribution is 2.38. The summed E-state index contributed by atoms with van der Waals surface area (Å²) in [7, 11) is 3.56. The zero-order valence-electron chi connectivity index (χ0n) is 14.1. The molecule has 2 aromatic heterocycles. The zero-order chi connectivity index (χ0) is 18.0. The van der Waals surface area contributed by atoms with E-state index in [0.717, 1.165) is 35.0 Å². The predicted octanol–water partition coefficient (Wildman–Crippen LogP) is 4.30. The van der Waals surface area contributed by atoms with Crippen molar-refractivity contribution in [3.63, 3.8) is 0 Å². The van der Waals surface area contributed by atoms with Gasteiger partial charge in [-0.3, -0.25) is 15.0 Å². The monoisotopic (exact) mass is 441 g/mol.